The van der Waals surface area contributed by atoms with E-state index < -0.39 is 0 Å². The number of hydrogen-bond donors (Lipinski definition) is 2. The van der Waals surface area contributed by atoms with Crippen LogP contribution in [0.4, 0.5) is 5.95 Å². The Labute approximate surface area is 189 Å². The summed E-state index contributed by atoms with van der Waals surface area (Å²) in [5.74, 6) is 1.36. The fraction of sp³-hybridized carbons (Fsp3) is 0.650. The molecule has 1 atom stereocenters. The number of piperidine rings is 1. The first-order chi connectivity index (χ1) is 15.0. The van der Waals surface area contributed by atoms with Crippen LogP contribution in [0.2, 0.25) is 0 Å². The van der Waals surface area contributed by atoms with Gasteiger partial charge in [-0.1, -0.05) is 11.8 Å². The van der Waals surface area contributed by atoms with Crippen LogP contribution in [-0.2, 0) is 22.6 Å². The average Bonchev–Trinajstić information content (AvgIpc) is 3.47. The number of hydrazine groups is 1. The minimum atomic E-state index is -0.176. The number of nitrogens with zero attached hydrogens (tertiary/aromatic N) is 5. The molecule has 2 aromatic heterocycles. The van der Waals surface area contributed by atoms with Gasteiger partial charge in [-0.15, -0.1) is 21.5 Å². The summed E-state index contributed by atoms with van der Waals surface area (Å²) >= 11 is 3.25. The molecule has 4 aliphatic heterocycles. The molecular formula is C20H27N7O2S2. The van der Waals surface area contributed by atoms with E-state index in [1.165, 1.54) is 34.2 Å². The Morgan fingerprint density at radius 1 is 1.29 bits per heavy atom. The Morgan fingerprint density at radius 2 is 2.13 bits per heavy atom. The molecular weight excluding hydrogens is 434 g/mol. The van der Waals surface area contributed by atoms with Crippen LogP contribution in [0.1, 0.15) is 55.3 Å². The van der Waals surface area contributed by atoms with Gasteiger partial charge in [0.1, 0.15) is 11.2 Å². The third-order valence-corrected chi connectivity index (χ3v) is 8.57. The summed E-state index contributed by atoms with van der Waals surface area (Å²) in [6.07, 6.45) is 4.35. The van der Waals surface area contributed by atoms with Crippen LogP contribution in [-0.4, -0.2) is 56.7 Å². The van der Waals surface area contributed by atoms with Crippen LogP contribution in [0.5, 0.6) is 0 Å². The number of rotatable bonds is 3. The van der Waals surface area contributed by atoms with Crippen molar-refractivity contribution in [3.63, 3.8) is 0 Å². The second-order valence-electron chi connectivity index (χ2n) is 9.11. The number of carbonyl (C=O) groups excluding carboxylic acids is 1. The van der Waals surface area contributed by atoms with E-state index in [4.69, 9.17) is 4.74 Å². The normalized spacial score (nSPS) is 23.9. The molecule has 6 rings (SSSR count). The molecule has 11 heteroatoms. The van der Waals surface area contributed by atoms with E-state index in [2.05, 4.69) is 44.4 Å². The maximum absolute atomic E-state index is 12.7. The fourth-order valence-electron chi connectivity index (χ4n) is 4.89. The van der Waals surface area contributed by atoms with Crippen molar-refractivity contribution in [3.8, 4) is 5.00 Å². The summed E-state index contributed by atoms with van der Waals surface area (Å²) in [6, 6.07) is 0. The van der Waals surface area contributed by atoms with Crippen LogP contribution in [0, 0.1) is 0 Å². The van der Waals surface area contributed by atoms with Gasteiger partial charge in [-0.05, 0) is 38.7 Å². The maximum atomic E-state index is 12.7. The van der Waals surface area contributed by atoms with Crippen LogP contribution in [0.15, 0.2) is 5.16 Å². The predicted octanol–water partition coefficient (Wildman–Crippen LogP) is 2.17. The molecule has 166 valence electrons. The summed E-state index contributed by atoms with van der Waals surface area (Å²) in [4.78, 5) is 16.0. The Balaban J connectivity index is 1.35. The zero-order chi connectivity index (χ0) is 21.2. The highest BCUT2D eigenvalue weighted by molar-refractivity contribution is 7.99. The average molecular weight is 462 g/mol. The summed E-state index contributed by atoms with van der Waals surface area (Å²) in [7, 11) is 0. The van der Waals surface area contributed by atoms with Gasteiger partial charge in [0.25, 0.3) is 0 Å². The van der Waals surface area contributed by atoms with Gasteiger partial charge in [0.05, 0.1) is 24.6 Å². The molecule has 0 bridgehead atoms. The fourth-order valence-corrected chi connectivity index (χ4v) is 7.04. The van der Waals surface area contributed by atoms with E-state index in [0.29, 0.717) is 19.0 Å². The zero-order valence-corrected chi connectivity index (χ0v) is 19.4. The lowest BCUT2D eigenvalue weighted by atomic mass is 9.92. The summed E-state index contributed by atoms with van der Waals surface area (Å²) in [5.41, 5.74) is 5.88. The van der Waals surface area contributed by atoms with Crippen LogP contribution >= 0.6 is 23.1 Å². The van der Waals surface area contributed by atoms with E-state index in [1.807, 2.05) is 4.90 Å². The number of nitrogens with one attached hydrogen (secondary N) is 2. The van der Waals surface area contributed by atoms with E-state index in [0.717, 1.165) is 48.5 Å². The highest BCUT2D eigenvalue weighted by Crippen LogP contribution is 2.48. The first kappa shape index (κ1) is 20.0. The number of anilines is 1. The zero-order valence-electron chi connectivity index (χ0n) is 17.8. The second-order valence-corrected chi connectivity index (χ2v) is 11.1. The molecule has 1 unspecified atom stereocenters. The van der Waals surface area contributed by atoms with Gasteiger partial charge in [-0.3, -0.25) is 15.1 Å². The molecule has 4 aliphatic rings. The summed E-state index contributed by atoms with van der Waals surface area (Å²) in [6.45, 7) is 7.36. The second kappa shape index (κ2) is 7.45. The molecule has 31 heavy (non-hydrogen) atoms. The van der Waals surface area contributed by atoms with Crippen LogP contribution < -0.4 is 15.8 Å². The number of fused-ring (bicyclic) bond motifs is 8. The Bertz CT molecular complexity index is 1030. The first-order valence-electron chi connectivity index (χ1n) is 10.9. The van der Waals surface area contributed by atoms with Crippen molar-refractivity contribution in [1.82, 2.24) is 30.4 Å². The molecule has 2 N–H and O–H groups in total. The topological polar surface area (TPSA) is 87.5 Å². The smallest absolute Gasteiger partial charge is 0.249 e. The molecule has 0 aliphatic carbocycles. The van der Waals surface area contributed by atoms with Crippen LogP contribution in [0.3, 0.4) is 0 Å². The quantitative estimate of drug-likeness (QED) is 0.673. The molecule has 0 radical (unpaired) electrons. The molecule has 0 aromatic carbocycles. The van der Waals surface area contributed by atoms with E-state index in [1.54, 1.807) is 11.3 Å². The van der Waals surface area contributed by atoms with Gasteiger partial charge in [0, 0.05) is 30.0 Å². The Hall–Kier alpha value is -1.66. The molecule has 6 heterocycles. The van der Waals surface area contributed by atoms with Crippen molar-refractivity contribution in [3.05, 3.63) is 16.0 Å². The maximum Gasteiger partial charge on any atom is 0.249 e. The minimum Gasteiger partial charge on any atom is -0.370 e. The SMILES string of the molecule is CC1(C)Cc2c(sc3c2C2NCNN2c2nnc(SCC(=O)N4CCCCC4)n2-3)CO1. The van der Waals surface area contributed by atoms with Gasteiger partial charge < -0.3 is 9.64 Å². The van der Waals surface area contributed by atoms with Gasteiger partial charge >= 0.3 is 0 Å². The number of carbonyl (C=O) groups is 1. The van der Waals surface area contributed by atoms with Crippen molar-refractivity contribution in [2.24, 2.45) is 0 Å². The molecule has 0 saturated carbocycles. The lowest BCUT2D eigenvalue weighted by Gasteiger charge is -2.34. The highest BCUT2D eigenvalue weighted by Gasteiger charge is 2.43. The number of likely N-dealkylation sites (tertiary alicyclic amines) is 1. The molecule has 2 fully saturated rings. The van der Waals surface area contributed by atoms with Crippen LogP contribution in [0.25, 0.3) is 5.00 Å². The number of aromatic nitrogens is 3. The van der Waals surface area contributed by atoms with Crippen molar-refractivity contribution < 1.29 is 9.53 Å². The van der Waals surface area contributed by atoms with Crippen molar-refractivity contribution >= 4 is 35.0 Å². The monoisotopic (exact) mass is 461 g/mol. The van der Waals surface area contributed by atoms with E-state index in [-0.39, 0.29) is 17.7 Å². The Kier molecular flexibility index (Phi) is 4.80. The molecule has 2 aromatic rings. The van der Waals surface area contributed by atoms with Gasteiger partial charge in [-0.25, -0.2) is 9.99 Å². The number of thioether (sulfide) groups is 1. The van der Waals surface area contributed by atoms with E-state index in [9.17, 15) is 4.79 Å². The van der Waals surface area contributed by atoms with Crippen molar-refractivity contribution in [2.75, 3.05) is 30.5 Å². The number of amides is 1. The molecule has 1 amide bonds. The summed E-state index contributed by atoms with van der Waals surface area (Å²) < 4.78 is 8.21. The van der Waals surface area contributed by atoms with E-state index >= 15 is 0 Å². The summed E-state index contributed by atoms with van der Waals surface area (Å²) in [5, 5.41) is 16.5. The Morgan fingerprint density at radius 3 is 2.97 bits per heavy atom. The first-order valence-corrected chi connectivity index (χ1v) is 12.7. The molecule has 9 nitrogen and oxygen atoms in total. The van der Waals surface area contributed by atoms with Crippen molar-refractivity contribution in [1.29, 1.82) is 0 Å². The molecule has 0 spiro atoms. The third kappa shape index (κ3) is 3.29. The van der Waals surface area contributed by atoms with Gasteiger partial charge in [-0.2, -0.15) is 0 Å². The minimum absolute atomic E-state index is 0.0356. The lowest BCUT2D eigenvalue weighted by molar-refractivity contribution is -0.129. The third-order valence-electron chi connectivity index (χ3n) is 6.45. The number of ether oxygens (including phenoxy) is 1. The van der Waals surface area contributed by atoms with Gasteiger partial charge in [0.15, 0.2) is 5.16 Å². The standard InChI is InChI=1S/C20H27N7O2S2/c1-20(2)8-12-13(9-29-20)31-17-15(12)16-21-11-22-27(16)18-23-24-19(26(17)18)30-10-14(28)25-6-4-3-5-7-25/h16,21-22H,3-11H2,1-2H3. The predicted molar refractivity (Wildman–Crippen MR) is 119 cm³/mol. The number of thiophene rings is 1. The lowest BCUT2D eigenvalue weighted by Crippen LogP contribution is -2.40. The van der Waals surface area contributed by atoms with Gasteiger partial charge in [0.2, 0.25) is 11.9 Å². The largest absolute Gasteiger partial charge is 0.370 e. The van der Waals surface area contributed by atoms with Crippen molar-refractivity contribution in [2.45, 2.75) is 63.1 Å². The molecule has 2 saturated heterocycles. The number of hydrogen-bond acceptors (Lipinski definition) is 9. The highest BCUT2D eigenvalue weighted by atomic mass is 32.2.